The van der Waals surface area contributed by atoms with Crippen molar-refractivity contribution >= 4 is 40.0 Å². The first-order chi connectivity index (χ1) is 18.9. The molecule has 0 saturated heterocycles. The second kappa shape index (κ2) is 8.84. The Morgan fingerprint density at radius 2 is 1.82 bits per heavy atom. The molecule has 5 heterocycles. The van der Waals surface area contributed by atoms with Crippen LogP contribution < -0.4 is 4.90 Å². The molecule has 2 aromatic carbocycles. The lowest BCUT2D eigenvalue weighted by Crippen LogP contribution is -2.53. The normalized spacial score (nSPS) is 17.2. The highest BCUT2D eigenvalue weighted by Crippen LogP contribution is 2.38. The Kier molecular flexibility index (Phi) is 5.38. The number of anilines is 1. The molecular weight excluding hydrogens is 514 g/mol. The molecule has 1 atom stereocenters. The zero-order valence-electron chi connectivity index (χ0n) is 21.6. The molecule has 2 aliphatic heterocycles. The predicted octanol–water partition coefficient (Wildman–Crippen LogP) is 3.98. The van der Waals surface area contributed by atoms with E-state index < -0.39 is 6.04 Å². The summed E-state index contributed by atoms with van der Waals surface area (Å²) in [4.78, 5) is 31.0. The summed E-state index contributed by atoms with van der Waals surface area (Å²) >= 11 is 6.69. The average Bonchev–Trinajstić information content (AvgIpc) is 3.61. The van der Waals surface area contributed by atoms with Crippen molar-refractivity contribution in [2.75, 3.05) is 18.5 Å². The summed E-state index contributed by atoms with van der Waals surface area (Å²) in [6.45, 7) is 1.20. The van der Waals surface area contributed by atoms with Gasteiger partial charge >= 0.3 is 0 Å². The Morgan fingerprint density at radius 1 is 1.00 bits per heavy atom. The van der Waals surface area contributed by atoms with Crippen LogP contribution in [0.2, 0.25) is 5.15 Å². The number of carbonyl (C=O) groups is 2. The van der Waals surface area contributed by atoms with Crippen LogP contribution in [-0.2, 0) is 31.4 Å². The Morgan fingerprint density at radius 3 is 2.59 bits per heavy atom. The number of hydrogen-bond donors (Lipinski definition) is 0. The summed E-state index contributed by atoms with van der Waals surface area (Å²) in [5.41, 5.74) is 5.73. The molecule has 2 amide bonds. The Bertz CT molecular complexity index is 1770. The molecule has 0 N–H and O–H groups in total. The van der Waals surface area contributed by atoms with Gasteiger partial charge in [0.05, 0.1) is 30.0 Å². The number of hydrogen-bond acceptors (Lipinski definition) is 4. The van der Waals surface area contributed by atoms with Gasteiger partial charge in [0.15, 0.2) is 5.69 Å². The van der Waals surface area contributed by atoms with E-state index in [1.165, 1.54) is 0 Å². The largest absolute Gasteiger partial charge is 0.342 e. The maximum absolute atomic E-state index is 13.8. The van der Waals surface area contributed by atoms with Crippen molar-refractivity contribution in [2.45, 2.75) is 25.6 Å². The van der Waals surface area contributed by atoms with Gasteiger partial charge in [-0.05, 0) is 24.1 Å². The summed E-state index contributed by atoms with van der Waals surface area (Å²) in [5.74, 6) is -0.395. The number of amides is 2. The van der Waals surface area contributed by atoms with E-state index in [2.05, 4.69) is 20.8 Å². The first-order valence-corrected chi connectivity index (χ1v) is 13.3. The van der Waals surface area contributed by atoms with E-state index in [1.54, 1.807) is 26.2 Å². The van der Waals surface area contributed by atoms with Gasteiger partial charge in [-0.3, -0.25) is 14.3 Å². The fourth-order valence-electron chi connectivity index (χ4n) is 5.86. The minimum atomic E-state index is -0.687. The molecule has 0 spiro atoms. The number of rotatable bonds is 4. The number of benzene rings is 2. The summed E-state index contributed by atoms with van der Waals surface area (Å²) in [5, 5.41) is 10.7. The van der Waals surface area contributed by atoms with E-state index in [-0.39, 0.29) is 11.8 Å². The minimum Gasteiger partial charge on any atom is -0.342 e. The number of aryl methyl sites for hydroxylation is 1. The SMILES string of the molecule is CN1C(=O)[C@@H](N2CCc3c(nn(Cc4ccccc4)c3Cl)C2=O)Cn2cc(-c3ccn(C)n3)c3cccc1c32. The van der Waals surface area contributed by atoms with Gasteiger partial charge in [-0.2, -0.15) is 10.2 Å². The number of carbonyl (C=O) groups excluding carboxylic acids is 2. The highest BCUT2D eigenvalue weighted by molar-refractivity contribution is 6.31. The molecule has 0 saturated carbocycles. The maximum atomic E-state index is 13.8. The van der Waals surface area contributed by atoms with Crippen LogP contribution in [0.25, 0.3) is 22.2 Å². The Hall–Kier alpha value is -4.37. The van der Waals surface area contributed by atoms with Gasteiger partial charge in [0.25, 0.3) is 11.8 Å². The molecule has 10 heteroatoms. The molecular formula is C29H26ClN7O2. The number of fused-ring (bicyclic) bond motifs is 1. The van der Waals surface area contributed by atoms with Crippen molar-refractivity contribution in [3.05, 3.63) is 89.0 Å². The van der Waals surface area contributed by atoms with E-state index >= 15 is 0 Å². The van der Waals surface area contributed by atoms with Gasteiger partial charge < -0.3 is 14.4 Å². The molecule has 7 rings (SSSR count). The van der Waals surface area contributed by atoms with Crippen LogP contribution in [0.5, 0.6) is 0 Å². The Balaban J connectivity index is 1.26. The number of likely N-dealkylation sites (N-methyl/N-ethyl adjacent to an activating group) is 1. The van der Waals surface area contributed by atoms with Crippen molar-refractivity contribution in [3.8, 4) is 11.3 Å². The van der Waals surface area contributed by atoms with Gasteiger partial charge in [-0.25, -0.2) is 4.68 Å². The van der Waals surface area contributed by atoms with Crippen LogP contribution in [0.1, 0.15) is 21.6 Å². The second-order valence-electron chi connectivity index (χ2n) is 10.2. The van der Waals surface area contributed by atoms with E-state index in [0.29, 0.717) is 36.9 Å². The lowest BCUT2D eigenvalue weighted by atomic mass is 10.0. The molecule has 0 radical (unpaired) electrons. The van der Waals surface area contributed by atoms with Crippen molar-refractivity contribution in [3.63, 3.8) is 0 Å². The third-order valence-corrected chi connectivity index (χ3v) is 8.24. The smallest absolute Gasteiger partial charge is 0.275 e. The number of halogens is 1. The third kappa shape index (κ3) is 3.68. The lowest BCUT2D eigenvalue weighted by Gasteiger charge is -2.34. The van der Waals surface area contributed by atoms with E-state index in [1.807, 2.05) is 68.0 Å². The topological polar surface area (TPSA) is 81.2 Å². The molecule has 0 unspecified atom stereocenters. The van der Waals surface area contributed by atoms with Crippen molar-refractivity contribution in [1.82, 2.24) is 29.0 Å². The summed E-state index contributed by atoms with van der Waals surface area (Å²) < 4.78 is 5.54. The highest BCUT2D eigenvalue weighted by Gasteiger charge is 2.41. The van der Waals surface area contributed by atoms with Gasteiger partial charge in [0.1, 0.15) is 11.2 Å². The summed E-state index contributed by atoms with van der Waals surface area (Å²) in [7, 11) is 3.67. The molecule has 0 fully saturated rings. The van der Waals surface area contributed by atoms with Crippen LogP contribution in [0, 0.1) is 0 Å². The molecule has 0 aliphatic carbocycles. The van der Waals surface area contributed by atoms with Gasteiger partial charge in [-0.1, -0.05) is 54.1 Å². The Labute approximate surface area is 229 Å². The summed E-state index contributed by atoms with van der Waals surface area (Å²) in [6.07, 6.45) is 4.50. The molecule has 5 aromatic rings. The number of para-hydroxylation sites is 1. The zero-order valence-corrected chi connectivity index (χ0v) is 22.3. The molecule has 39 heavy (non-hydrogen) atoms. The summed E-state index contributed by atoms with van der Waals surface area (Å²) in [6, 6.07) is 17.1. The maximum Gasteiger partial charge on any atom is 0.275 e. The van der Waals surface area contributed by atoms with E-state index in [0.717, 1.165) is 39.0 Å². The fourth-order valence-corrected chi connectivity index (χ4v) is 6.14. The highest BCUT2D eigenvalue weighted by atomic mass is 35.5. The monoisotopic (exact) mass is 539 g/mol. The van der Waals surface area contributed by atoms with E-state index in [4.69, 9.17) is 11.6 Å². The van der Waals surface area contributed by atoms with Crippen molar-refractivity contribution in [2.24, 2.45) is 7.05 Å². The van der Waals surface area contributed by atoms with Crippen LogP contribution in [0.3, 0.4) is 0 Å². The van der Waals surface area contributed by atoms with Gasteiger partial charge in [0, 0.05) is 49.5 Å². The quantitative estimate of drug-likeness (QED) is 0.346. The predicted molar refractivity (Wildman–Crippen MR) is 149 cm³/mol. The molecule has 2 aliphatic rings. The first kappa shape index (κ1) is 23.7. The standard InChI is InChI=1S/C29H26ClN7O2/c1-33-13-12-22(31-33)21-16-35-17-24(28(38)34(2)23-10-6-9-19(21)26(23)35)36-14-11-20-25(29(36)39)32-37(27(20)30)15-18-7-4-3-5-8-18/h3-10,12-13,16,24H,11,14-15,17H2,1-2H3/t24-/m0/s1. The van der Waals surface area contributed by atoms with Gasteiger partial charge in [-0.15, -0.1) is 0 Å². The molecule has 0 bridgehead atoms. The van der Waals surface area contributed by atoms with Crippen LogP contribution in [-0.4, -0.2) is 60.5 Å². The third-order valence-electron chi connectivity index (χ3n) is 7.81. The van der Waals surface area contributed by atoms with Crippen LogP contribution in [0.4, 0.5) is 5.69 Å². The minimum absolute atomic E-state index is 0.128. The lowest BCUT2D eigenvalue weighted by molar-refractivity contribution is -0.123. The van der Waals surface area contributed by atoms with Crippen molar-refractivity contribution < 1.29 is 9.59 Å². The second-order valence-corrected chi connectivity index (χ2v) is 10.5. The zero-order chi connectivity index (χ0) is 26.8. The van der Waals surface area contributed by atoms with Gasteiger partial charge in [0.2, 0.25) is 0 Å². The van der Waals surface area contributed by atoms with Crippen molar-refractivity contribution in [1.29, 1.82) is 0 Å². The molecule has 196 valence electrons. The number of aromatic nitrogens is 5. The average molecular weight is 540 g/mol. The molecule has 9 nitrogen and oxygen atoms in total. The fraction of sp³-hybridized carbons (Fsp3) is 0.241. The number of nitrogens with zero attached hydrogens (tertiary/aromatic N) is 7. The first-order valence-electron chi connectivity index (χ1n) is 12.9. The van der Waals surface area contributed by atoms with E-state index in [9.17, 15) is 9.59 Å². The van der Waals surface area contributed by atoms with Crippen LogP contribution in [0.15, 0.2) is 67.0 Å². The molecule has 3 aromatic heterocycles. The van der Waals surface area contributed by atoms with Crippen LogP contribution >= 0.6 is 11.6 Å².